The van der Waals surface area contributed by atoms with E-state index in [4.69, 9.17) is 0 Å². The van der Waals surface area contributed by atoms with Gasteiger partial charge in [-0.05, 0) is 36.6 Å². The molecule has 27 heavy (non-hydrogen) atoms. The highest BCUT2D eigenvalue weighted by atomic mass is 32.2. The van der Waals surface area contributed by atoms with Crippen LogP contribution in [0.4, 0.5) is 19.6 Å². The van der Waals surface area contributed by atoms with Crippen LogP contribution in [0.1, 0.15) is 10.4 Å². The second kappa shape index (κ2) is 7.80. The van der Waals surface area contributed by atoms with Crippen molar-refractivity contribution in [3.8, 4) is 11.3 Å². The largest absolute Gasteiger partial charge is 0.298 e. The van der Waals surface area contributed by atoms with Crippen LogP contribution in [0.2, 0.25) is 0 Å². The van der Waals surface area contributed by atoms with Crippen LogP contribution in [-0.2, 0) is 0 Å². The van der Waals surface area contributed by atoms with Crippen molar-refractivity contribution in [3.63, 3.8) is 0 Å². The Bertz CT molecular complexity index is 1040. The average Bonchev–Trinajstić information content (AvgIpc) is 3.11. The molecule has 138 valence electrons. The summed E-state index contributed by atoms with van der Waals surface area (Å²) >= 11 is 2.42. The number of amides is 1. The minimum absolute atomic E-state index is 0.0866. The highest BCUT2D eigenvalue weighted by molar-refractivity contribution is 7.98. The summed E-state index contributed by atoms with van der Waals surface area (Å²) in [6, 6.07) is 7.62. The first kappa shape index (κ1) is 18.9. The van der Waals surface area contributed by atoms with Crippen LogP contribution in [0.5, 0.6) is 0 Å². The fourth-order valence-corrected chi connectivity index (χ4v) is 3.42. The summed E-state index contributed by atoms with van der Waals surface area (Å²) in [7, 11) is 0. The summed E-state index contributed by atoms with van der Waals surface area (Å²) in [5, 5.41) is 15.4. The number of carbonyl (C=O) groups is 1. The molecule has 3 rings (SSSR count). The quantitative estimate of drug-likeness (QED) is 0.367. The standard InChI is InChI=1S/C17H11F2N3O3S2/c1-26-10-3-5-15(22(24)25)11(7-10)16(23)21-17-20-14(8-27-17)9-2-4-12(18)13(19)6-9/h2-8H,1H3,(H,20,21,23). The molecule has 0 bridgehead atoms. The van der Waals surface area contributed by atoms with Gasteiger partial charge in [-0.1, -0.05) is 0 Å². The van der Waals surface area contributed by atoms with Crippen molar-refractivity contribution in [1.82, 2.24) is 4.98 Å². The molecule has 0 saturated carbocycles. The van der Waals surface area contributed by atoms with E-state index in [2.05, 4.69) is 10.3 Å². The number of nitrogens with zero attached hydrogens (tertiary/aromatic N) is 2. The highest BCUT2D eigenvalue weighted by Crippen LogP contribution is 2.28. The number of hydrogen-bond donors (Lipinski definition) is 1. The van der Waals surface area contributed by atoms with Gasteiger partial charge < -0.3 is 0 Å². The van der Waals surface area contributed by atoms with E-state index in [1.165, 1.54) is 30.0 Å². The monoisotopic (exact) mass is 407 g/mol. The molecule has 1 aromatic heterocycles. The van der Waals surface area contributed by atoms with Crippen LogP contribution < -0.4 is 5.32 Å². The molecule has 1 heterocycles. The van der Waals surface area contributed by atoms with E-state index in [9.17, 15) is 23.7 Å². The summed E-state index contributed by atoms with van der Waals surface area (Å²) in [4.78, 5) is 27.9. The minimum Gasteiger partial charge on any atom is -0.298 e. The van der Waals surface area contributed by atoms with Crippen molar-refractivity contribution in [2.75, 3.05) is 11.6 Å². The summed E-state index contributed by atoms with van der Waals surface area (Å²) in [5.41, 5.74) is 0.293. The first-order valence-corrected chi connectivity index (χ1v) is 9.54. The normalized spacial score (nSPS) is 10.6. The smallest absolute Gasteiger partial charge is 0.282 e. The lowest BCUT2D eigenvalue weighted by atomic mass is 10.1. The fraction of sp³-hybridized carbons (Fsp3) is 0.0588. The molecule has 1 N–H and O–H groups in total. The van der Waals surface area contributed by atoms with Crippen molar-refractivity contribution in [1.29, 1.82) is 0 Å². The van der Waals surface area contributed by atoms with E-state index < -0.39 is 22.5 Å². The number of nitro groups is 1. The summed E-state index contributed by atoms with van der Waals surface area (Å²) in [6.07, 6.45) is 1.79. The number of thioether (sulfide) groups is 1. The fourth-order valence-electron chi connectivity index (χ4n) is 2.27. The van der Waals surface area contributed by atoms with Gasteiger partial charge in [0.15, 0.2) is 16.8 Å². The Labute approximate surface area is 160 Å². The number of nitrogens with one attached hydrogen (secondary N) is 1. The molecule has 0 atom stereocenters. The maximum atomic E-state index is 13.4. The van der Waals surface area contributed by atoms with Crippen LogP contribution in [0.3, 0.4) is 0 Å². The van der Waals surface area contributed by atoms with Crippen molar-refractivity contribution < 1.29 is 18.5 Å². The second-order valence-corrected chi connectivity index (χ2v) is 7.00. The van der Waals surface area contributed by atoms with E-state index >= 15 is 0 Å². The molecule has 0 radical (unpaired) electrons. The summed E-state index contributed by atoms with van der Waals surface area (Å²) in [5.74, 6) is -2.65. The molecule has 0 aliphatic carbocycles. The lowest BCUT2D eigenvalue weighted by Gasteiger charge is -2.05. The number of carbonyl (C=O) groups excluding carboxylic acids is 1. The third-order valence-corrected chi connectivity index (χ3v) is 5.07. The number of hydrogen-bond acceptors (Lipinski definition) is 6. The Morgan fingerprint density at radius 3 is 2.67 bits per heavy atom. The SMILES string of the molecule is CSc1ccc([N+](=O)[O-])c(C(=O)Nc2nc(-c3ccc(F)c(F)c3)cs2)c1. The molecule has 1 amide bonds. The van der Waals surface area contributed by atoms with Gasteiger partial charge in [0.1, 0.15) is 5.56 Å². The van der Waals surface area contributed by atoms with Gasteiger partial charge in [0.05, 0.1) is 10.6 Å². The molecule has 0 fully saturated rings. The van der Waals surface area contributed by atoms with E-state index in [1.807, 2.05) is 0 Å². The van der Waals surface area contributed by atoms with Gasteiger partial charge in [0.2, 0.25) is 0 Å². The first-order chi connectivity index (χ1) is 12.9. The maximum Gasteiger partial charge on any atom is 0.282 e. The lowest BCUT2D eigenvalue weighted by Crippen LogP contribution is -2.14. The molecule has 2 aromatic carbocycles. The van der Waals surface area contributed by atoms with Crippen LogP contribution >= 0.6 is 23.1 Å². The Kier molecular flexibility index (Phi) is 5.47. The van der Waals surface area contributed by atoms with Gasteiger partial charge in [-0.25, -0.2) is 13.8 Å². The summed E-state index contributed by atoms with van der Waals surface area (Å²) < 4.78 is 26.4. The molecule has 6 nitrogen and oxygen atoms in total. The molecular formula is C17H11F2N3O3S2. The van der Waals surface area contributed by atoms with Gasteiger partial charge >= 0.3 is 0 Å². The number of rotatable bonds is 5. The molecule has 3 aromatic rings. The zero-order valence-electron chi connectivity index (χ0n) is 13.7. The molecule has 0 aliphatic rings. The first-order valence-electron chi connectivity index (χ1n) is 7.43. The van der Waals surface area contributed by atoms with Crippen molar-refractivity contribution >= 4 is 39.8 Å². The van der Waals surface area contributed by atoms with Crippen molar-refractivity contribution in [2.24, 2.45) is 0 Å². The topological polar surface area (TPSA) is 85.1 Å². The van der Waals surface area contributed by atoms with Gasteiger partial charge in [0, 0.05) is 21.9 Å². The number of thiazole rings is 1. The maximum absolute atomic E-state index is 13.4. The molecule has 10 heteroatoms. The third kappa shape index (κ3) is 4.12. The number of nitro benzene ring substituents is 1. The van der Waals surface area contributed by atoms with E-state index in [1.54, 1.807) is 17.7 Å². The van der Waals surface area contributed by atoms with Gasteiger partial charge in [-0.2, -0.15) is 0 Å². The zero-order valence-corrected chi connectivity index (χ0v) is 15.4. The predicted molar refractivity (Wildman–Crippen MR) is 100 cm³/mol. The molecule has 0 aliphatic heterocycles. The lowest BCUT2D eigenvalue weighted by molar-refractivity contribution is -0.385. The van der Waals surface area contributed by atoms with E-state index in [-0.39, 0.29) is 16.4 Å². The van der Waals surface area contributed by atoms with Crippen LogP contribution in [0.15, 0.2) is 46.7 Å². The summed E-state index contributed by atoms with van der Waals surface area (Å²) in [6.45, 7) is 0. The highest BCUT2D eigenvalue weighted by Gasteiger charge is 2.21. The Morgan fingerprint density at radius 1 is 1.22 bits per heavy atom. The van der Waals surface area contributed by atoms with Gasteiger partial charge in [0.25, 0.3) is 11.6 Å². The van der Waals surface area contributed by atoms with E-state index in [0.717, 1.165) is 23.5 Å². The minimum atomic E-state index is -1.00. The number of benzene rings is 2. The average molecular weight is 407 g/mol. The van der Waals surface area contributed by atoms with Crippen LogP contribution in [0, 0.1) is 21.7 Å². The number of halogens is 2. The van der Waals surface area contributed by atoms with Crippen LogP contribution in [-0.4, -0.2) is 22.1 Å². The van der Waals surface area contributed by atoms with E-state index in [0.29, 0.717) is 16.2 Å². The van der Waals surface area contributed by atoms with Gasteiger partial charge in [-0.15, -0.1) is 23.1 Å². The molecule has 0 unspecified atom stereocenters. The second-order valence-electron chi connectivity index (χ2n) is 5.26. The Morgan fingerprint density at radius 2 is 2.00 bits per heavy atom. The number of anilines is 1. The third-order valence-electron chi connectivity index (χ3n) is 3.59. The Hall–Kier alpha value is -2.85. The van der Waals surface area contributed by atoms with Crippen LogP contribution in [0.25, 0.3) is 11.3 Å². The number of aromatic nitrogens is 1. The predicted octanol–water partition coefficient (Wildman–Crippen LogP) is 4.97. The van der Waals surface area contributed by atoms with Gasteiger partial charge in [-0.3, -0.25) is 20.2 Å². The van der Waals surface area contributed by atoms with Crippen molar-refractivity contribution in [3.05, 3.63) is 69.1 Å². The van der Waals surface area contributed by atoms with Crippen molar-refractivity contribution in [2.45, 2.75) is 4.90 Å². The zero-order chi connectivity index (χ0) is 19.6. The molecular weight excluding hydrogens is 396 g/mol. The molecule has 0 spiro atoms. The molecule has 0 saturated heterocycles. The Balaban J connectivity index is 1.86.